The molecule has 2 N–H and O–H groups in total. The van der Waals surface area contributed by atoms with Crippen molar-refractivity contribution < 1.29 is 4.79 Å². The topological polar surface area (TPSA) is 49.6 Å². The highest BCUT2D eigenvalue weighted by molar-refractivity contribution is 5.76. The summed E-state index contributed by atoms with van der Waals surface area (Å²) >= 11 is 0. The number of hydrogen-bond acceptors (Lipinski definition) is 3. The van der Waals surface area contributed by atoms with Crippen molar-refractivity contribution in [2.45, 2.75) is 39.0 Å². The SMILES string of the molecule is CCCC(=O)N1CCCN(CCCCN)CC1. The highest BCUT2D eigenvalue weighted by Gasteiger charge is 2.17. The predicted octanol–water partition coefficient (Wildman–Crippen LogP) is 1.06. The highest BCUT2D eigenvalue weighted by atomic mass is 16.2. The first-order chi connectivity index (χ1) is 8.27. The van der Waals surface area contributed by atoms with Gasteiger partial charge in [-0.15, -0.1) is 0 Å². The van der Waals surface area contributed by atoms with Crippen LogP contribution in [0.2, 0.25) is 0 Å². The van der Waals surface area contributed by atoms with E-state index in [9.17, 15) is 4.79 Å². The van der Waals surface area contributed by atoms with Crippen molar-refractivity contribution in [1.82, 2.24) is 9.80 Å². The number of hydrogen-bond donors (Lipinski definition) is 1. The van der Waals surface area contributed by atoms with Gasteiger partial charge >= 0.3 is 0 Å². The first-order valence-electron chi connectivity index (χ1n) is 6.98. The van der Waals surface area contributed by atoms with E-state index in [1.165, 1.54) is 6.42 Å². The number of carbonyl (C=O) groups is 1. The fourth-order valence-corrected chi connectivity index (χ4v) is 2.30. The fraction of sp³-hybridized carbons (Fsp3) is 0.923. The summed E-state index contributed by atoms with van der Waals surface area (Å²) in [5, 5.41) is 0. The molecule has 0 unspecified atom stereocenters. The lowest BCUT2D eigenvalue weighted by molar-refractivity contribution is -0.131. The van der Waals surface area contributed by atoms with Crippen LogP contribution < -0.4 is 5.73 Å². The van der Waals surface area contributed by atoms with Gasteiger partial charge in [0.05, 0.1) is 0 Å². The smallest absolute Gasteiger partial charge is 0.222 e. The molecule has 0 aromatic rings. The summed E-state index contributed by atoms with van der Waals surface area (Å²) in [6.07, 6.45) is 5.05. The Morgan fingerprint density at radius 3 is 2.71 bits per heavy atom. The van der Waals surface area contributed by atoms with Crippen LogP contribution in [-0.2, 0) is 4.79 Å². The van der Waals surface area contributed by atoms with Crippen molar-refractivity contribution in [1.29, 1.82) is 0 Å². The molecule has 0 aliphatic carbocycles. The van der Waals surface area contributed by atoms with Gasteiger partial charge in [0.1, 0.15) is 0 Å². The molecule has 0 radical (unpaired) electrons. The average Bonchev–Trinajstić information content (AvgIpc) is 2.55. The minimum absolute atomic E-state index is 0.330. The van der Waals surface area contributed by atoms with Crippen LogP contribution in [0, 0.1) is 0 Å². The molecule has 0 spiro atoms. The van der Waals surface area contributed by atoms with E-state index in [2.05, 4.69) is 11.8 Å². The van der Waals surface area contributed by atoms with Crippen molar-refractivity contribution in [3.63, 3.8) is 0 Å². The Labute approximate surface area is 105 Å². The molecule has 0 saturated carbocycles. The molecule has 1 aliphatic rings. The molecule has 1 saturated heterocycles. The summed E-state index contributed by atoms with van der Waals surface area (Å²) in [5.41, 5.74) is 5.50. The third kappa shape index (κ3) is 5.50. The number of amides is 1. The Kier molecular flexibility index (Phi) is 7.21. The predicted molar refractivity (Wildman–Crippen MR) is 70.8 cm³/mol. The molecule has 0 aromatic carbocycles. The molecule has 0 atom stereocenters. The molecule has 1 amide bonds. The molecule has 1 heterocycles. The van der Waals surface area contributed by atoms with E-state index in [1.807, 2.05) is 4.90 Å². The monoisotopic (exact) mass is 241 g/mol. The van der Waals surface area contributed by atoms with Crippen LogP contribution in [-0.4, -0.2) is 55.0 Å². The molecule has 17 heavy (non-hydrogen) atoms. The van der Waals surface area contributed by atoms with Gasteiger partial charge in [-0.3, -0.25) is 4.79 Å². The lowest BCUT2D eigenvalue weighted by Gasteiger charge is -2.21. The van der Waals surface area contributed by atoms with E-state index in [4.69, 9.17) is 5.73 Å². The molecular weight excluding hydrogens is 214 g/mol. The second-order valence-electron chi connectivity index (χ2n) is 4.82. The minimum Gasteiger partial charge on any atom is -0.341 e. The van der Waals surface area contributed by atoms with Gasteiger partial charge in [0, 0.05) is 26.1 Å². The van der Waals surface area contributed by atoms with E-state index in [-0.39, 0.29) is 0 Å². The first kappa shape index (κ1) is 14.5. The zero-order valence-electron chi connectivity index (χ0n) is 11.2. The normalized spacial score (nSPS) is 18.1. The van der Waals surface area contributed by atoms with Crippen molar-refractivity contribution in [3.05, 3.63) is 0 Å². The van der Waals surface area contributed by atoms with Crippen LogP contribution >= 0.6 is 0 Å². The maximum Gasteiger partial charge on any atom is 0.222 e. The molecule has 1 rings (SSSR count). The summed E-state index contributed by atoms with van der Waals surface area (Å²) in [6.45, 7) is 7.98. The molecule has 4 heteroatoms. The largest absolute Gasteiger partial charge is 0.341 e. The summed E-state index contributed by atoms with van der Waals surface area (Å²) < 4.78 is 0. The Hall–Kier alpha value is -0.610. The van der Waals surface area contributed by atoms with Gasteiger partial charge in [0.15, 0.2) is 0 Å². The van der Waals surface area contributed by atoms with Crippen LogP contribution in [0.4, 0.5) is 0 Å². The molecule has 1 fully saturated rings. The van der Waals surface area contributed by atoms with Crippen molar-refractivity contribution in [3.8, 4) is 0 Å². The van der Waals surface area contributed by atoms with Crippen molar-refractivity contribution in [2.24, 2.45) is 5.73 Å². The number of carbonyl (C=O) groups excluding carboxylic acids is 1. The van der Waals surface area contributed by atoms with Crippen LogP contribution in [0.1, 0.15) is 39.0 Å². The number of unbranched alkanes of at least 4 members (excludes halogenated alkanes) is 1. The van der Waals surface area contributed by atoms with Gasteiger partial charge in [-0.05, 0) is 45.3 Å². The maximum atomic E-state index is 11.8. The van der Waals surface area contributed by atoms with Gasteiger partial charge < -0.3 is 15.5 Å². The minimum atomic E-state index is 0.330. The number of rotatable bonds is 6. The average molecular weight is 241 g/mol. The number of nitrogens with zero attached hydrogens (tertiary/aromatic N) is 2. The summed E-state index contributed by atoms with van der Waals surface area (Å²) in [6, 6.07) is 0. The Bertz CT molecular complexity index is 221. The Morgan fingerprint density at radius 2 is 2.00 bits per heavy atom. The maximum absolute atomic E-state index is 11.8. The second-order valence-corrected chi connectivity index (χ2v) is 4.82. The number of nitrogens with two attached hydrogens (primary N) is 1. The summed E-state index contributed by atoms with van der Waals surface area (Å²) in [4.78, 5) is 16.3. The third-order valence-electron chi connectivity index (χ3n) is 3.33. The highest BCUT2D eigenvalue weighted by Crippen LogP contribution is 2.06. The van der Waals surface area contributed by atoms with Gasteiger partial charge in [-0.1, -0.05) is 6.92 Å². The Morgan fingerprint density at radius 1 is 1.18 bits per heavy atom. The fourth-order valence-electron chi connectivity index (χ4n) is 2.30. The van der Waals surface area contributed by atoms with E-state index in [0.717, 1.165) is 58.5 Å². The summed E-state index contributed by atoms with van der Waals surface area (Å²) in [5.74, 6) is 0.330. The van der Waals surface area contributed by atoms with E-state index >= 15 is 0 Å². The van der Waals surface area contributed by atoms with Crippen LogP contribution in [0.5, 0.6) is 0 Å². The second kappa shape index (κ2) is 8.48. The lowest BCUT2D eigenvalue weighted by atomic mass is 10.3. The molecule has 0 bridgehead atoms. The molecule has 1 aliphatic heterocycles. The zero-order chi connectivity index (χ0) is 12.5. The van der Waals surface area contributed by atoms with Crippen LogP contribution in [0.15, 0.2) is 0 Å². The van der Waals surface area contributed by atoms with E-state index in [0.29, 0.717) is 12.3 Å². The quantitative estimate of drug-likeness (QED) is 0.707. The van der Waals surface area contributed by atoms with Gasteiger partial charge in [0.25, 0.3) is 0 Å². The molecule has 100 valence electrons. The van der Waals surface area contributed by atoms with Crippen LogP contribution in [0.3, 0.4) is 0 Å². The van der Waals surface area contributed by atoms with Gasteiger partial charge in [-0.25, -0.2) is 0 Å². The van der Waals surface area contributed by atoms with E-state index in [1.54, 1.807) is 0 Å². The van der Waals surface area contributed by atoms with Crippen molar-refractivity contribution >= 4 is 5.91 Å². The van der Waals surface area contributed by atoms with Gasteiger partial charge in [0.2, 0.25) is 5.91 Å². The standard InChI is InChI=1S/C13H27N3O/c1-2-6-13(17)16-10-5-9-15(11-12-16)8-4-3-7-14/h2-12,14H2,1H3. The zero-order valence-corrected chi connectivity index (χ0v) is 11.2. The molecular formula is C13H27N3O. The third-order valence-corrected chi connectivity index (χ3v) is 3.33. The lowest BCUT2D eigenvalue weighted by Crippen LogP contribution is -2.35. The van der Waals surface area contributed by atoms with Crippen LogP contribution in [0.25, 0.3) is 0 Å². The first-order valence-corrected chi connectivity index (χ1v) is 6.98. The Balaban J connectivity index is 2.26. The van der Waals surface area contributed by atoms with E-state index < -0.39 is 0 Å². The molecule has 0 aromatic heterocycles. The van der Waals surface area contributed by atoms with Crippen molar-refractivity contribution in [2.75, 3.05) is 39.3 Å². The van der Waals surface area contributed by atoms with Gasteiger partial charge in [-0.2, -0.15) is 0 Å². The summed E-state index contributed by atoms with van der Waals surface area (Å²) in [7, 11) is 0. The molecule has 4 nitrogen and oxygen atoms in total.